The molecule has 11 heavy (non-hydrogen) atoms. The molecule has 0 aliphatic carbocycles. The maximum Gasteiger partial charge on any atom is 0.260 e. The molecule has 1 aromatic heterocycles. The van der Waals surface area contributed by atoms with E-state index in [1.807, 2.05) is 0 Å². The van der Waals surface area contributed by atoms with Crippen molar-refractivity contribution in [2.24, 2.45) is 5.73 Å². The summed E-state index contributed by atoms with van der Waals surface area (Å²) in [6.07, 6.45) is 1.44. The van der Waals surface area contributed by atoms with Crippen molar-refractivity contribution in [3.8, 4) is 0 Å². The third-order valence-corrected chi connectivity index (χ3v) is 1.59. The second-order valence-electron chi connectivity index (χ2n) is 1.92. The zero-order valence-electron chi connectivity index (χ0n) is 5.43. The van der Waals surface area contributed by atoms with Gasteiger partial charge in [-0.15, -0.1) is 0 Å². The second-order valence-corrected chi connectivity index (χ2v) is 2.84. The number of aromatic amines is 1. The molecule has 1 aromatic rings. The van der Waals surface area contributed by atoms with Crippen LogP contribution in [0.2, 0.25) is 0 Å². The highest BCUT2D eigenvalue weighted by atomic mass is 79.9. The number of halogens is 1. The first kappa shape index (κ1) is 8.00. The number of H-pyrrole nitrogens is 1. The van der Waals surface area contributed by atoms with E-state index < -0.39 is 11.5 Å². The molecule has 1 amide bonds. The Morgan fingerprint density at radius 1 is 1.64 bits per heavy atom. The molecule has 0 spiro atoms. The van der Waals surface area contributed by atoms with Crippen LogP contribution >= 0.6 is 15.9 Å². The van der Waals surface area contributed by atoms with Crippen molar-refractivity contribution in [2.75, 3.05) is 0 Å². The summed E-state index contributed by atoms with van der Waals surface area (Å²) in [6.45, 7) is 0. The standard InChI is InChI=1S/C6H5BrN2O2/c7-3-1-4(5(8)10)6(11)9-2-3/h1-2H,(H2,8,10)(H,9,11). The van der Waals surface area contributed by atoms with E-state index in [9.17, 15) is 9.59 Å². The number of nitrogens with one attached hydrogen (secondary N) is 1. The van der Waals surface area contributed by atoms with Crippen LogP contribution in [0.5, 0.6) is 0 Å². The average Bonchev–Trinajstić information content (AvgIpc) is 1.94. The number of hydrogen-bond acceptors (Lipinski definition) is 2. The lowest BCUT2D eigenvalue weighted by atomic mass is 10.3. The number of rotatable bonds is 1. The zero-order valence-corrected chi connectivity index (χ0v) is 7.01. The summed E-state index contributed by atoms with van der Waals surface area (Å²) in [5.74, 6) is -0.729. The van der Waals surface area contributed by atoms with E-state index in [0.29, 0.717) is 4.47 Å². The van der Waals surface area contributed by atoms with Gasteiger partial charge in [-0.3, -0.25) is 9.59 Å². The van der Waals surface area contributed by atoms with Gasteiger partial charge in [0.2, 0.25) is 0 Å². The molecule has 0 saturated heterocycles. The SMILES string of the molecule is NC(=O)c1cc(Br)c[nH]c1=O. The van der Waals surface area contributed by atoms with Crippen LogP contribution in [0.15, 0.2) is 21.5 Å². The van der Waals surface area contributed by atoms with E-state index in [-0.39, 0.29) is 5.56 Å². The first-order valence-corrected chi connectivity index (χ1v) is 3.58. The molecule has 3 N–H and O–H groups in total. The Kier molecular flexibility index (Phi) is 2.09. The molecule has 0 aromatic carbocycles. The normalized spacial score (nSPS) is 9.55. The minimum absolute atomic E-state index is 0.0422. The van der Waals surface area contributed by atoms with Crippen LogP contribution in [-0.4, -0.2) is 10.9 Å². The number of carbonyl (C=O) groups excluding carboxylic acids is 1. The summed E-state index contributed by atoms with van der Waals surface area (Å²) in [5.41, 5.74) is 4.39. The first-order valence-electron chi connectivity index (χ1n) is 2.79. The number of aromatic nitrogens is 1. The van der Waals surface area contributed by atoms with Crippen LogP contribution in [0.4, 0.5) is 0 Å². The summed E-state index contributed by atoms with van der Waals surface area (Å²) < 4.78 is 0.617. The maximum absolute atomic E-state index is 10.8. The molecular formula is C6H5BrN2O2. The predicted octanol–water partition coefficient (Wildman–Crippen LogP) is 0.236. The Labute approximate surface area is 70.5 Å². The summed E-state index contributed by atoms with van der Waals surface area (Å²) in [6, 6.07) is 1.38. The maximum atomic E-state index is 10.8. The fourth-order valence-electron chi connectivity index (χ4n) is 0.640. The second kappa shape index (κ2) is 2.87. The lowest BCUT2D eigenvalue weighted by molar-refractivity contribution is 0.0999. The Hall–Kier alpha value is -1.10. The van der Waals surface area contributed by atoms with Crippen LogP contribution in [0, 0.1) is 0 Å². The molecular weight excluding hydrogens is 212 g/mol. The van der Waals surface area contributed by atoms with Crippen molar-refractivity contribution >= 4 is 21.8 Å². The van der Waals surface area contributed by atoms with Crippen molar-refractivity contribution in [2.45, 2.75) is 0 Å². The van der Waals surface area contributed by atoms with Crippen molar-refractivity contribution in [3.05, 3.63) is 32.7 Å². The van der Waals surface area contributed by atoms with E-state index in [2.05, 4.69) is 20.9 Å². The van der Waals surface area contributed by atoms with Crippen LogP contribution in [0.3, 0.4) is 0 Å². The van der Waals surface area contributed by atoms with E-state index in [4.69, 9.17) is 5.73 Å². The number of nitrogens with two attached hydrogens (primary N) is 1. The van der Waals surface area contributed by atoms with Crippen LogP contribution in [-0.2, 0) is 0 Å². The fraction of sp³-hybridized carbons (Fsp3) is 0. The first-order chi connectivity index (χ1) is 5.11. The van der Waals surface area contributed by atoms with Crippen molar-refractivity contribution in [3.63, 3.8) is 0 Å². The minimum atomic E-state index is -0.729. The number of pyridine rings is 1. The molecule has 0 aliphatic rings. The van der Waals surface area contributed by atoms with E-state index in [1.165, 1.54) is 12.3 Å². The van der Waals surface area contributed by atoms with Gasteiger partial charge >= 0.3 is 0 Å². The predicted molar refractivity (Wildman–Crippen MR) is 43.3 cm³/mol. The number of hydrogen-bond donors (Lipinski definition) is 2. The molecule has 0 atom stereocenters. The monoisotopic (exact) mass is 216 g/mol. The van der Waals surface area contributed by atoms with E-state index in [1.54, 1.807) is 0 Å². The van der Waals surface area contributed by atoms with Gasteiger partial charge in [0, 0.05) is 10.7 Å². The molecule has 1 rings (SSSR count). The summed E-state index contributed by atoms with van der Waals surface area (Å²) in [5, 5.41) is 0. The van der Waals surface area contributed by atoms with Gasteiger partial charge in [0.15, 0.2) is 0 Å². The van der Waals surface area contributed by atoms with Gasteiger partial charge in [-0.1, -0.05) is 0 Å². The Morgan fingerprint density at radius 3 is 2.73 bits per heavy atom. The largest absolute Gasteiger partial charge is 0.365 e. The van der Waals surface area contributed by atoms with Crippen LogP contribution in [0.1, 0.15) is 10.4 Å². The van der Waals surface area contributed by atoms with E-state index in [0.717, 1.165) is 0 Å². The van der Waals surface area contributed by atoms with Gasteiger partial charge in [-0.25, -0.2) is 0 Å². The van der Waals surface area contributed by atoms with Crippen molar-refractivity contribution in [1.82, 2.24) is 4.98 Å². The highest BCUT2D eigenvalue weighted by Gasteiger charge is 2.05. The third kappa shape index (κ3) is 1.68. The van der Waals surface area contributed by atoms with Gasteiger partial charge in [0.25, 0.3) is 11.5 Å². The summed E-state index contributed by atoms with van der Waals surface area (Å²) in [4.78, 5) is 23.7. The van der Waals surface area contributed by atoms with Gasteiger partial charge in [0.05, 0.1) is 0 Å². The Bertz CT molecular complexity index is 345. The molecule has 4 nitrogen and oxygen atoms in total. The summed E-state index contributed by atoms with van der Waals surface area (Å²) >= 11 is 3.09. The van der Waals surface area contributed by atoms with Crippen LogP contribution in [0.25, 0.3) is 0 Å². The van der Waals surface area contributed by atoms with Crippen molar-refractivity contribution < 1.29 is 4.79 Å². The van der Waals surface area contributed by atoms with Gasteiger partial charge in [-0.2, -0.15) is 0 Å². The fourth-order valence-corrected chi connectivity index (χ4v) is 0.984. The average molecular weight is 217 g/mol. The molecule has 0 unspecified atom stereocenters. The smallest absolute Gasteiger partial charge is 0.260 e. The van der Waals surface area contributed by atoms with Crippen molar-refractivity contribution in [1.29, 1.82) is 0 Å². The topological polar surface area (TPSA) is 76.0 Å². The quantitative estimate of drug-likeness (QED) is 0.706. The molecule has 0 aliphatic heterocycles. The zero-order chi connectivity index (χ0) is 8.43. The molecule has 5 heteroatoms. The number of amides is 1. The lowest BCUT2D eigenvalue weighted by Crippen LogP contribution is -2.22. The summed E-state index contributed by atoms with van der Waals surface area (Å²) in [7, 11) is 0. The number of primary amides is 1. The molecule has 0 radical (unpaired) electrons. The van der Waals surface area contributed by atoms with Crippen LogP contribution < -0.4 is 11.3 Å². The highest BCUT2D eigenvalue weighted by molar-refractivity contribution is 9.10. The van der Waals surface area contributed by atoms with E-state index >= 15 is 0 Å². The molecule has 1 heterocycles. The highest BCUT2D eigenvalue weighted by Crippen LogP contribution is 2.05. The van der Waals surface area contributed by atoms with Gasteiger partial charge in [-0.05, 0) is 22.0 Å². The number of carbonyl (C=O) groups is 1. The van der Waals surface area contributed by atoms with Gasteiger partial charge < -0.3 is 10.7 Å². The minimum Gasteiger partial charge on any atom is -0.365 e. The Balaban J connectivity index is 3.35. The lowest BCUT2D eigenvalue weighted by Gasteiger charge is -1.93. The third-order valence-electron chi connectivity index (χ3n) is 1.13. The Morgan fingerprint density at radius 2 is 2.27 bits per heavy atom. The molecule has 58 valence electrons. The van der Waals surface area contributed by atoms with Gasteiger partial charge in [0.1, 0.15) is 5.56 Å². The molecule has 0 fully saturated rings. The molecule has 0 bridgehead atoms. The molecule has 0 saturated carbocycles.